The number of morpholine rings is 1. The lowest BCUT2D eigenvalue weighted by Gasteiger charge is -2.27. The van der Waals surface area contributed by atoms with E-state index in [4.69, 9.17) is 9.47 Å². The van der Waals surface area contributed by atoms with Crippen LogP contribution < -0.4 is 15.0 Å². The van der Waals surface area contributed by atoms with Crippen molar-refractivity contribution in [1.82, 2.24) is 9.62 Å². The molecule has 2 aromatic rings. The fourth-order valence-electron chi connectivity index (χ4n) is 3.90. The van der Waals surface area contributed by atoms with Crippen LogP contribution in [0.25, 0.3) is 0 Å². The first kappa shape index (κ1) is 25.5. The molecule has 2 aromatic carbocycles. The third-order valence-electron chi connectivity index (χ3n) is 5.96. The number of benzene rings is 2. The number of carbonyl (C=O) groups excluding carboxylic acids is 2. The molecule has 0 unspecified atom stereocenters. The normalized spacial score (nSPS) is 19.1. The third kappa shape index (κ3) is 5.80. The Morgan fingerprint density at radius 2 is 1.89 bits per heavy atom. The molecule has 1 fully saturated rings. The van der Waals surface area contributed by atoms with Gasteiger partial charge < -0.3 is 19.7 Å². The fourth-order valence-corrected chi connectivity index (χ4v) is 6.39. The zero-order valence-electron chi connectivity index (χ0n) is 19.7. The fraction of sp³-hybridized carbons (Fsp3) is 0.417. The zero-order valence-corrected chi connectivity index (χ0v) is 21.4. The zero-order chi connectivity index (χ0) is 25.0. The van der Waals surface area contributed by atoms with Gasteiger partial charge in [0.15, 0.2) is 0 Å². The lowest BCUT2D eigenvalue weighted by atomic mass is 10.1. The molecule has 0 bridgehead atoms. The van der Waals surface area contributed by atoms with Crippen molar-refractivity contribution in [3.8, 4) is 5.75 Å². The molecule has 0 aromatic heterocycles. The second kappa shape index (κ2) is 11.0. The molecule has 11 heteroatoms. The maximum atomic E-state index is 13.2. The van der Waals surface area contributed by atoms with Gasteiger partial charge in [-0.2, -0.15) is 4.31 Å². The number of amides is 2. The number of fused-ring (bicyclic) bond motifs is 1. The summed E-state index contributed by atoms with van der Waals surface area (Å²) in [6.45, 7) is 3.16. The van der Waals surface area contributed by atoms with Crippen molar-refractivity contribution < 1.29 is 27.5 Å². The standard InChI is InChI=1S/C24H29N3O6S2/c1-17-16-34-22-8-7-20(35(30,31)26-9-11-33-12-10-26)13-21(22)27(24(17)29)15-23(28)25-14-18-3-5-19(32-2)6-4-18/h3-8,13,17H,9-12,14-16H2,1-2H3,(H,25,28)/t17-/m1/s1. The Morgan fingerprint density at radius 3 is 2.57 bits per heavy atom. The largest absolute Gasteiger partial charge is 0.497 e. The Balaban J connectivity index is 1.55. The predicted octanol–water partition coefficient (Wildman–Crippen LogP) is 2.11. The van der Waals surface area contributed by atoms with Crippen LogP contribution in [0.4, 0.5) is 5.69 Å². The van der Waals surface area contributed by atoms with Crippen molar-refractivity contribution >= 4 is 39.3 Å². The highest BCUT2D eigenvalue weighted by Crippen LogP contribution is 2.38. The van der Waals surface area contributed by atoms with E-state index in [0.29, 0.717) is 31.2 Å². The number of rotatable bonds is 7. The lowest BCUT2D eigenvalue weighted by Crippen LogP contribution is -2.43. The number of ether oxygens (including phenoxy) is 2. The summed E-state index contributed by atoms with van der Waals surface area (Å²) in [5, 5.41) is 2.85. The molecule has 2 heterocycles. The second-order valence-electron chi connectivity index (χ2n) is 8.41. The molecular weight excluding hydrogens is 490 g/mol. The number of carbonyl (C=O) groups is 2. The van der Waals surface area contributed by atoms with Gasteiger partial charge in [-0.25, -0.2) is 8.42 Å². The Kier molecular flexibility index (Phi) is 8.00. The molecule has 2 aliphatic heterocycles. The van der Waals surface area contributed by atoms with E-state index in [1.54, 1.807) is 19.2 Å². The van der Waals surface area contributed by atoms with Gasteiger partial charge in [0, 0.05) is 36.2 Å². The number of thioether (sulfide) groups is 1. The highest BCUT2D eigenvalue weighted by atomic mass is 32.2. The van der Waals surface area contributed by atoms with E-state index in [-0.39, 0.29) is 42.3 Å². The van der Waals surface area contributed by atoms with Gasteiger partial charge in [-0.15, -0.1) is 11.8 Å². The SMILES string of the molecule is COc1ccc(CNC(=O)CN2C(=O)[C@H](C)CSc3ccc(S(=O)(=O)N4CCOCC4)cc32)cc1. The van der Waals surface area contributed by atoms with Crippen molar-refractivity contribution in [1.29, 1.82) is 0 Å². The van der Waals surface area contributed by atoms with Crippen LogP contribution in [0.2, 0.25) is 0 Å². The Bertz CT molecular complexity index is 1180. The summed E-state index contributed by atoms with van der Waals surface area (Å²) in [5.74, 6) is 0.408. The number of sulfonamides is 1. The Morgan fingerprint density at radius 1 is 1.17 bits per heavy atom. The topological polar surface area (TPSA) is 105 Å². The number of hydrogen-bond acceptors (Lipinski definition) is 7. The minimum absolute atomic E-state index is 0.102. The first-order chi connectivity index (χ1) is 16.8. The molecule has 1 atom stereocenters. The number of hydrogen-bond donors (Lipinski definition) is 1. The summed E-state index contributed by atoms with van der Waals surface area (Å²) >= 11 is 1.49. The van der Waals surface area contributed by atoms with Crippen LogP contribution in [0.1, 0.15) is 12.5 Å². The van der Waals surface area contributed by atoms with Gasteiger partial charge in [0.2, 0.25) is 21.8 Å². The molecule has 4 rings (SSSR count). The summed E-state index contributed by atoms with van der Waals surface area (Å²) in [7, 11) is -2.16. The van der Waals surface area contributed by atoms with Crippen LogP contribution in [0.5, 0.6) is 5.75 Å². The second-order valence-corrected chi connectivity index (χ2v) is 11.4. The van der Waals surface area contributed by atoms with E-state index >= 15 is 0 Å². The van der Waals surface area contributed by atoms with Crippen molar-refractivity contribution in [3.63, 3.8) is 0 Å². The summed E-state index contributed by atoms with van der Waals surface area (Å²) in [4.78, 5) is 28.3. The molecule has 188 valence electrons. The van der Waals surface area contributed by atoms with Crippen molar-refractivity contribution in [2.24, 2.45) is 5.92 Å². The molecule has 35 heavy (non-hydrogen) atoms. The lowest BCUT2D eigenvalue weighted by molar-refractivity contribution is -0.125. The minimum Gasteiger partial charge on any atom is -0.497 e. The summed E-state index contributed by atoms with van der Waals surface area (Å²) < 4.78 is 38.2. The highest BCUT2D eigenvalue weighted by molar-refractivity contribution is 7.99. The predicted molar refractivity (Wildman–Crippen MR) is 133 cm³/mol. The van der Waals surface area contributed by atoms with E-state index in [1.807, 2.05) is 31.2 Å². The molecular formula is C24H29N3O6S2. The first-order valence-electron chi connectivity index (χ1n) is 11.4. The summed E-state index contributed by atoms with van der Waals surface area (Å²) in [5.41, 5.74) is 1.34. The summed E-state index contributed by atoms with van der Waals surface area (Å²) in [6, 6.07) is 12.1. The average Bonchev–Trinajstić information content (AvgIpc) is 3.00. The smallest absolute Gasteiger partial charge is 0.243 e. The molecule has 2 amide bonds. The van der Waals surface area contributed by atoms with Crippen LogP contribution >= 0.6 is 11.8 Å². The van der Waals surface area contributed by atoms with Crippen LogP contribution in [0, 0.1) is 5.92 Å². The van der Waals surface area contributed by atoms with Crippen molar-refractivity contribution in [2.45, 2.75) is 23.3 Å². The third-order valence-corrected chi connectivity index (χ3v) is 9.17. The first-order valence-corrected chi connectivity index (χ1v) is 13.8. The maximum Gasteiger partial charge on any atom is 0.243 e. The van der Waals surface area contributed by atoms with Gasteiger partial charge >= 0.3 is 0 Å². The maximum absolute atomic E-state index is 13.2. The minimum atomic E-state index is -3.75. The molecule has 2 aliphatic rings. The van der Waals surface area contributed by atoms with Crippen LogP contribution in [-0.4, -0.2) is 70.2 Å². The van der Waals surface area contributed by atoms with Crippen LogP contribution in [0.3, 0.4) is 0 Å². The quantitative estimate of drug-likeness (QED) is 0.597. The number of methoxy groups -OCH3 is 1. The van der Waals surface area contributed by atoms with Gasteiger partial charge in [-0.05, 0) is 35.9 Å². The molecule has 1 N–H and O–H groups in total. The van der Waals surface area contributed by atoms with Gasteiger partial charge in [0.05, 0.1) is 30.9 Å². The van der Waals surface area contributed by atoms with Crippen molar-refractivity contribution in [3.05, 3.63) is 48.0 Å². The Hall–Kier alpha value is -2.60. The van der Waals surface area contributed by atoms with E-state index in [0.717, 1.165) is 16.2 Å². The van der Waals surface area contributed by atoms with Gasteiger partial charge in [-0.3, -0.25) is 9.59 Å². The van der Waals surface area contributed by atoms with E-state index < -0.39 is 10.0 Å². The monoisotopic (exact) mass is 519 g/mol. The molecule has 0 saturated carbocycles. The molecule has 0 aliphatic carbocycles. The van der Waals surface area contributed by atoms with Crippen molar-refractivity contribution in [2.75, 3.05) is 50.6 Å². The van der Waals surface area contributed by atoms with E-state index in [1.165, 1.54) is 27.0 Å². The average molecular weight is 520 g/mol. The van der Waals surface area contributed by atoms with Gasteiger partial charge in [0.25, 0.3) is 0 Å². The number of nitrogens with zero attached hydrogens (tertiary/aromatic N) is 2. The molecule has 0 radical (unpaired) electrons. The summed E-state index contributed by atoms with van der Waals surface area (Å²) in [6.07, 6.45) is 0. The van der Waals surface area contributed by atoms with Gasteiger partial charge in [-0.1, -0.05) is 19.1 Å². The number of nitrogens with one attached hydrogen (secondary N) is 1. The molecule has 9 nitrogen and oxygen atoms in total. The van der Waals surface area contributed by atoms with E-state index in [2.05, 4.69) is 5.32 Å². The van der Waals surface area contributed by atoms with Crippen LogP contribution in [0.15, 0.2) is 52.3 Å². The van der Waals surface area contributed by atoms with E-state index in [9.17, 15) is 18.0 Å². The molecule has 1 saturated heterocycles. The number of anilines is 1. The van der Waals surface area contributed by atoms with Gasteiger partial charge in [0.1, 0.15) is 12.3 Å². The highest BCUT2D eigenvalue weighted by Gasteiger charge is 2.32. The van der Waals surface area contributed by atoms with Crippen LogP contribution in [-0.2, 0) is 30.9 Å². The molecule has 0 spiro atoms. The Labute approximate surface area is 209 Å².